The highest BCUT2D eigenvalue weighted by molar-refractivity contribution is 5.70. The molecular weight excluding hydrogens is 166 g/mol. The SMILES string of the molecule is CC(C)C1CCNCCC1C(=O)O. The molecule has 76 valence electrons. The van der Waals surface area contributed by atoms with Crippen LogP contribution in [0.3, 0.4) is 0 Å². The van der Waals surface area contributed by atoms with Crippen LogP contribution in [0.15, 0.2) is 0 Å². The summed E-state index contributed by atoms with van der Waals surface area (Å²) in [5, 5.41) is 12.3. The largest absolute Gasteiger partial charge is 0.481 e. The summed E-state index contributed by atoms with van der Waals surface area (Å²) in [6, 6.07) is 0. The van der Waals surface area contributed by atoms with Crippen molar-refractivity contribution in [2.24, 2.45) is 17.8 Å². The average Bonchev–Trinajstić information content (AvgIpc) is 2.27. The number of carbonyl (C=O) groups is 1. The average molecular weight is 185 g/mol. The van der Waals surface area contributed by atoms with Crippen LogP contribution < -0.4 is 5.32 Å². The van der Waals surface area contributed by atoms with E-state index in [1.807, 2.05) is 0 Å². The molecule has 3 nitrogen and oxygen atoms in total. The fourth-order valence-corrected chi connectivity index (χ4v) is 2.17. The fourth-order valence-electron chi connectivity index (χ4n) is 2.17. The van der Waals surface area contributed by atoms with E-state index in [1.54, 1.807) is 0 Å². The van der Waals surface area contributed by atoms with E-state index in [9.17, 15) is 4.79 Å². The number of carboxylic acid groups (broad SMARTS) is 1. The second kappa shape index (κ2) is 4.61. The first-order chi connectivity index (χ1) is 6.13. The first-order valence-electron chi connectivity index (χ1n) is 5.06. The van der Waals surface area contributed by atoms with Crippen molar-refractivity contribution in [3.63, 3.8) is 0 Å². The third-order valence-corrected chi connectivity index (χ3v) is 2.98. The Kier molecular flexibility index (Phi) is 3.72. The van der Waals surface area contributed by atoms with Gasteiger partial charge in [-0.2, -0.15) is 0 Å². The van der Waals surface area contributed by atoms with Gasteiger partial charge in [0.2, 0.25) is 0 Å². The predicted molar refractivity (Wildman–Crippen MR) is 51.6 cm³/mol. The molecule has 0 saturated carbocycles. The minimum Gasteiger partial charge on any atom is -0.481 e. The molecule has 0 amide bonds. The van der Waals surface area contributed by atoms with Crippen molar-refractivity contribution in [3.8, 4) is 0 Å². The Labute approximate surface area is 79.5 Å². The molecule has 2 atom stereocenters. The van der Waals surface area contributed by atoms with Gasteiger partial charge in [0.25, 0.3) is 0 Å². The van der Waals surface area contributed by atoms with E-state index in [0.717, 1.165) is 25.9 Å². The highest BCUT2D eigenvalue weighted by Gasteiger charge is 2.31. The summed E-state index contributed by atoms with van der Waals surface area (Å²) >= 11 is 0. The molecule has 13 heavy (non-hydrogen) atoms. The number of carboxylic acids is 1. The topological polar surface area (TPSA) is 49.3 Å². The van der Waals surface area contributed by atoms with Gasteiger partial charge in [-0.3, -0.25) is 4.79 Å². The van der Waals surface area contributed by atoms with Crippen LogP contribution in [-0.4, -0.2) is 24.2 Å². The van der Waals surface area contributed by atoms with Gasteiger partial charge in [-0.25, -0.2) is 0 Å². The summed E-state index contributed by atoms with van der Waals surface area (Å²) in [6.07, 6.45) is 1.77. The molecule has 0 aromatic carbocycles. The van der Waals surface area contributed by atoms with E-state index in [1.165, 1.54) is 0 Å². The van der Waals surface area contributed by atoms with Crippen molar-refractivity contribution >= 4 is 5.97 Å². The van der Waals surface area contributed by atoms with Crippen molar-refractivity contribution in [3.05, 3.63) is 0 Å². The molecule has 2 N–H and O–H groups in total. The van der Waals surface area contributed by atoms with Gasteiger partial charge in [0.05, 0.1) is 5.92 Å². The number of aliphatic carboxylic acids is 1. The van der Waals surface area contributed by atoms with Crippen molar-refractivity contribution in [1.82, 2.24) is 5.32 Å². The van der Waals surface area contributed by atoms with E-state index >= 15 is 0 Å². The molecule has 1 saturated heterocycles. The van der Waals surface area contributed by atoms with Crippen LogP contribution in [0.25, 0.3) is 0 Å². The van der Waals surface area contributed by atoms with Gasteiger partial charge in [0, 0.05) is 0 Å². The minimum absolute atomic E-state index is 0.144. The van der Waals surface area contributed by atoms with Gasteiger partial charge < -0.3 is 10.4 Å². The normalized spacial score (nSPS) is 30.1. The van der Waals surface area contributed by atoms with Crippen molar-refractivity contribution in [1.29, 1.82) is 0 Å². The smallest absolute Gasteiger partial charge is 0.306 e. The van der Waals surface area contributed by atoms with E-state index in [0.29, 0.717) is 11.8 Å². The third-order valence-electron chi connectivity index (χ3n) is 2.98. The standard InChI is InChI=1S/C10H19NO2/c1-7(2)8-3-5-11-6-4-9(8)10(12)13/h7-9,11H,3-6H2,1-2H3,(H,12,13). The van der Waals surface area contributed by atoms with Crippen molar-refractivity contribution in [2.45, 2.75) is 26.7 Å². The second-order valence-electron chi connectivity index (χ2n) is 4.18. The minimum atomic E-state index is -0.623. The highest BCUT2D eigenvalue weighted by Crippen LogP contribution is 2.28. The van der Waals surface area contributed by atoms with Crippen LogP contribution in [0.4, 0.5) is 0 Å². The van der Waals surface area contributed by atoms with Crippen LogP contribution >= 0.6 is 0 Å². The molecule has 3 heteroatoms. The molecule has 0 aromatic rings. The number of rotatable bonds is 2. The second-order valence-corrected chi connectivity index (χ2v) is 4.18. The predicted octanol–water partition coefficient (Wildman–Crippen LogP) is 1.34. The summed E-state index contributed by atoms with van der Waals surface area (Å²) in [7, 11) is 0. The van der Waals surface area contributed by atoms with Crippen molar-refractivity contribution < 1.29 is 9.90 Å². The summed E-state index contributed by atoms with van der Waals surface area (Å²) < 4.78 is 0. The third kappa shape index (κ3) is 2.69. The Balaban J connectivity index is 2.66. The first-order valence-corrected chi connectivity index (χ1v) is 5.06. The Morgan fingerprint density at radius 2 is 2.00 bits per heavy atom. The number of nitrogens with one attached hydrogen (secondary N) is 1. The van der Waals surface area contributed by atoms with Crippen LogP contribution in [0.2, 0.25) is 0 Å². The molecule has 0 spiro atoms. The lowest BCUT2D eigenvalue weighted by atomic mass is 9.80. The lowest BCUT2D eigenvalue weighted by Gasteiger charge is -2.24. The van der Waals surface area contributed by atoms with Crippen LogP contribution in [0.1, 0.15) is 26.7 Å². The lowest BCUT2D eigenvalue weighted by Crippen LogP contribution is -2.27. The Morgan fingerprint density at radius 3 is 2.54 bits per heavy atom. The molecular formula is C10H19NO2. The van der Waals surface area contributed by atoms with Gasteiger partial charge in [-0.05, 0) is 37.8 Å². The molecule has 0 radical (unpaired) electrons. The van der Waals surface area contributed by atoms with Crippen molar-refractivity contribution in [2.75, 3.05) is 13.1 Å². The fraction of sp³-hybridized carbons (Fsp3) is 0.900. The summed E-state index contributed by atoms with van der Waals surface area (Å²) in [5.74, 6) is 0.0471. The molecule has 0 bridgehead atoms. The van der Waals surface area contributed by atoms with Gasteiger partial charge in [-0.1, -0.05) is 13.8 Å². The molecule has 1 heterocycles. The molecule has 1 aliphatic heterocycles. The van der Waals surface area contributed by atoms with Crippen LogP contribution in [0.5, 0.6) is 0 Å². The zero-order valence-corrected chi connectivity index (χ0v) is 8.42. The zero-order valence-electron chi connectivity index (χ0n) is 8.42. The monoisotopic (exact) mass is 185 g/mol. The zero-order chi connectivity index (χ0) is 9.84. The van der Waals surface area contributed by atoms with Gasteiger partial charge in [0.15, 0.2) is 0 Å². The summed E-state index contributed by atoms with van der Waals surface area (Å²) in [6.45, 7) is 6.05. The Bertz CT molecular complexity index is 180. The number of hydrogen-bond donors (Lipinski definition) is 2. The summed E-state index contributed by atoms with van der Waals surface area (Å²) in [5.41, 5.74) is 0. The maximum absolute atomic E-state index is 11.0. The lowest BCUT2D eigenvalue weighted by molar-refractivity contribution is -0.144. The Morgan fingerprint density at radius 1 is 1.38 bits per heavy atom. The quantitative estimate of drug-likeness (QED) is 0.682. The molecule has 1 fully saturated rings. The van der Waals surface area contributed by atoms with E-state index in [-0.39, 0.29) is 5.92 Å². The molecule has 0 aliphatic carbocycles. The van der Waals surface area contributed by atoms with Crippen LogP contribution in [-0.2, 0) is 4.79 Å². The van der Waals surface area contributed by atoms with E-state index in [4.69, 9.17) is 5.11 Å². The van der Waals surface area contributed by atoms with E-state index < -0.39 is 5.97 Å². The highest BCUT2D eigenvalue weighted by atomic mass is 16.4. The number of hydrogen-bond acceptors (Lipinski definition) is 2. The first kappa shape index (κ1) is 10.5. The van der Waals surface area contributed by atoms with Gasteiger partial charge >= 0.3 is 5.97 Å². The maximum Gasteiger partial charge on any atom is 0.306 e. The molecule has 0 aromatic heterocycles. The molecule has 1 aliphatic rings. The maximum atomic E-state index is 11.0. The summed E-state index contributed by atoms with van der Waals surface area (Å²) in [4.78, 5) is 11.0. The van der Waals surface area contributed by atoms with E-state index in [2.05, 4.69) is 19.2 Å². The molecule has 2 unspecified atom stereocenters. The van der Waals surface area contributed by atoms with Crippen LogP contribution in [0, 0.1) is 17.8 Å². The molecule has 1 rings (SSSR count). The Hall–Kier alpha value is -0.570. The van der Waals surface area contributed by atoms with Gasteiger partial charge in [0.1, 0.15) is 0 Å². The van der Waals surface area contributed by atoms with Gasteiger partial charge in [-0.15, -0.1) is 0 Å².